The number of likely N-dealkylation sites (N-methyl/N-ethyl adjacent to an activating group) is 1. The summed E-state index contributed by atoms with van der Waals surface area (Å²) < 4.78 is 11.7. The Labute approximate surface area is 154 Å². The smallest absolute Gasteiger partial charge is 0.241 e. The van der Waals surface area contributed by atoms with Crippen LogP contribution in [0.3, 0.4) is 0 Å². The number of fused-ring (bicyclic) bond motifs is 1. The van der Waals surface area contributed by atoms with Crippen molar-refractivity contribution >= 4 is 29.0 Å². The first-order chi connectivity index (χ1) is 12.0. The van der Waals surface area contributed by atoms with E-state index in [4.69, 9.17) is 9.47 Å². The molecule has 1 aromatic heterocycles. The average Bonchev–Trinajstić information content (AvgIpc) is 3.19. The third kappa shape index (κ3) is 4.42. The Balaban J connectivity index is 1.57. The molecule has 1 unspecified atom stereocenters. The van der Waals surface area contributed by atoms with Crippen molar-refractivity contribution < 1.29 is 14.3 Å². The molecule has 0 fully saturated rings. The Morgan fingerprint density at radius 2 is 2.16 bits per heavy atom. The van der Waals surface area contributed by atoms with Crippen LogP contribution in [0.15, 0.2) is 22.5 Å². The van der Waals surface area contributed by atoms with Gasteiger partial charge in [-0.25, -0.2) is 0 Å². The lowest BCUT2D eigenvalue weighted by Gasteiger charge is -2.24. The van der Waals surface area contributed by atoms with Crippen LogP contribution in [0, 0.1) is 6.92 Å². The van der Waals surface area contributed by atoms with Crippen LogP contribution in [0.25, 0.3) is 0 Å². The molecule has 3 rings (SSSR count). The molecular weight excluding hydrogens is 360 g/mol. The SMILES string of the molecule is Cc1nnc(SCCNC(=O)C(c2ccc3c(c2)OCO3)N(C)C)s1. The monoisotopic (exact) mass is 380 g/mol. The van der Waals surface area contributed by atoms with Crippen molar-refractivity contribution in [2.24, 2.45) is 0 Å². The van der Waals surface area contributed by atoms with Crippen LogP contribution in [0.5, 0.6) is 11.5 Å². The molecule has 1 N–H and O–H groups in total. The Kier molecular flexibility index (Phi) is 5.77. The molecule has 0 saturated heterocycles. The second-order valence-electron chi connectivity index (χ2n) is 5.71. The van der Waals surface area contributed by atoms with Crippen molar-refractivity contribution in [1.29, 1.82) is 0 Å². The van der Waals surface area contributed by atoms with Gasteiger partial charge in [-0.15, -0.1) is 10.2 Å². The topological polar surface area (TPSA) is 76.6 Å². The summed E-state index contributed by atoms with van der Waals surface area (Å²) in [6.07, 6.45) is 0. The highest BCUT2D eigenvalue weighted by atomic mass is 32.2. The minimum atomic E-state index is -0.386. The lowest BCUT2D eigenvalue weighted by Crippen LogP contribution is -2.38. The van der Waals surface area contributed by atoms with Crippen LogP contribution in [0.2, 0.25) is 0 Å². The minimum absolute atomic E-state index is 0.0436. The quantitative estimate of drug-likeness (QED) is 0.582. The molecule has 134 valence electrons. The summed E-state index contributed by atoms with van der Waals surface area (Å²) >= 11 is 3.16. The van der Waals surface area contributed by atoms with Gasteiger partial charge < -0.3 is 14.8 Å². The number of thioether (sulfide) groups is 1. The van der Waals surface area contributed by atoms with Crippen molar-refractivity contribution in [3.8, 4) is 11.5 Å². The largest absolute Gasteiger partial charge is 0.454 e. The van der Waals surface area contributed by atoms with Gasteiger partial charge in [-0.2, -0.15) is 0 Å². The number of carbonyl (C=O) groups is 1. The number of rotatable bonds is 7. The number of benzene rings is 1. The number of hydrogen-bond acceptors (Lipinski definition) is 8. The zero-order chi connectivity index (χ0) is 17.8. The third-order valence-corrected chi connectivity index (χ3v) is 5.59. The van der Waals surface area contributed by atoms with Crippen molar-refractivity contribution in [3.63, 3.8) is 0 Å². The summed E-state index contributed by atoms with van der Waals surface area (Å²) in [6.45, 7) is 2.72. The lowest BCUT2D eigenvalue weighted by molar-refractivity contribution is -0.125. The van der Waals surface area contributed by atoms with E-state index in [1.165, 1.54) is 0 Å². The lowest BCUT2D eigenvalue weighted by atomic mass is 10.0. The molecular formula is C16H20N4O3S2. The maximum absolute atomic E-state index is 12.6. The molecule has 1 aliphatic rings. The van der Waals surface area contributed by atoms with Gasteiger partial charge in [-0.3, -0.25) is 9.69 Å². The molecule has 1 amide bonds. The zero-order valence-electron chi connectivity index (χ0n) is 14.3. The van der Waals surface area contributed by atoms with Gasteiger partial charge in [0.2, 0.25) is 12.7 Å². The Morgan fingerprint density at radius 3 is 2.88 bits per heavy atom. The summed E-state index contributed by atoms with van der Waals surface area (Å²) in [5, 5.41) is 12.0. The van der Waals surface area contributed by atoms with Gasteiger partial charge in [0.1, 0.15) is 11.0 Å². The molecule has 0 bridgehead atoms. The number of aryl methyl sites for hydroxylation is 1. The van der Waals surface area contributed by atoms with E-state index < -0.39 is 0 Å². The van der Waals surface area contributed by atoms with Gasteiger partial charge in [0.05, 0.1) is 0 Å². The normalized spacial score (nSPS) is 13.9. The first kappa shape index (κ1) is 18.0. The van der Waals surface area contributed by atoms with Gasteiger partial charge in [0, 0.05) is 12.3 Å². The fourth-order valence-corrected chi connectivity index (χ4v) is 4.25. The number of carbonyl (C=O) groups excluding carboxylic acids is 1. The van der Waals surface area contributed by atoms with Crippen LogP contribution < -0.4 is 14.8 Å². The Morgan fingerprint density at radius 1 is 1.36 bits per heavy atom. The summed E-state index contributed by atoms with van der Waals surface area (Å²) in [5.74, 6) is 2.10. The second kappa shape index (κ2) is 8.03. The molecule has 1 aliphatic heterocycles. The average molecular weight is 380 g/mol. The van der Waals surface area contributed by atoms with E-state index in [1.807, 2.05) is 44.1 Å². The summed E-state index contributed by atoms with van der Waals surface area (Å²) in [7, 11) is 3.77. The van der Waals surface area contributed by atoms with Crippen LogP contribution in [0.1, 0.15) is 16.6 Å². The minimum Gasteiger partial charge on any atom is -0.454 e. The highest BCUT2D eigenvalue weighted by Crippen LogP contribution is 2.35. The molecule has 1 aromatic carbocycles. The summed E-state index contributed by atoms with van der Waals surface area (Å²) in [4.78, 5) is 14.5. The summed E-state index contributed by atoms with van der Waals surface area (Å²) in [6, 6.07) is 5.22. The number of nitrogens with zero attached hydrogens (tertiary/aromatic N) is 3. The van der Waals surface area contributed by atoms with Crippen molar-refractivity contribution in [2.75, 3.05) is 33.2 Å². The first-order valence-corrected chi connectivity index (χ1v) is 9.61. The molecule has 2 aromatic rings. The fourth-order valence-electron chi connectivity index (χ4n) is 2.51. The highest BCUT2D eigenvalue weighted by Gasteiger charge is 2.25. The maximum Gasteiger partial charge on any atom is 0.241 e. The molecule has 0 radical (unpaired) electrons. The van der Waals surface area contributed by atoms with Crippen molar-refractivity contribution in [1.82, 2.24) is 20.4 Å². The zero-order valence-corrected chi connectivity index (χ0v) is 15.9. The highest BCUT2D eigenvalue weighted by molar-refractivity contribution is 8.01. The molecule has 25 heavy (non-hydrogen) atoms. The maximum atomic E-state index is 12.6. The van der Waals surface area contributed by atoms with Gasteiger partial charge in [-0.05, 0) is 38.7 Å². The van der Waals surface area contributed by atoms with Gasteiger partial charge in [0.25, 0.3) is 0 Å². The van der Waals surface area contributed by atoms with Crippen LogP contribution in [0.4, 0.5) is 0 Å². The number of hydrogen-bond donors (Lipinski definition) is 1. The molecule has 1 atom stereocenters. The number of amides is 1. The van der Waals surface area contributed by atoms with Gasteiger partial charge in [0.15, 0.2) is 15.8 Å². The predicted molar refractivity (Wildman–Crippen MR) is 97.4 cm³/mol. The standard InChI is InChI=1S/C16H20N4O3S2/c1-10-18-19-16(25-10)24-7-6-17-15(21)14(20(2)3)11-4-5-12-13(8-11)23-9-22-12/h4-5,8,14H,6-7,9H2,1-3H3,(H,17,21). The Hall–Kier alpha value is -1.84. The van der Waals surface area contributed by atoms with E-state index >= 15 is 0 Å². The van der Waals surface area contributed by atoms with E-state index in [9.17, 15) is 4.79 Å². The molecule has 2 heterocycles. The number of aromatic nitrogens is 2. The molecule has 0 saturated carbocycles. The number of nitrogens with one attached hydrogen (secondary N) is 1. The van der Waals surface area contributed by atoms with E-state index in [-0.39, 0.29) is 18.7 Å². The molecule has 0 aliphatic carbocycles. The van der Waals surface area contributed by atoms with E-state index in [2.05, 4.69) is 15.5 Å². The molecule has 7 nitrogen and oxygen atoms in total. The van der Waals surface area contributed by atoms with Gasteiger partial charge >= 0.3 is 0 Å². The van der Waals surface area contributed by atoms with Crippen LogP contribution in [-0.4, -0.2) is 54.2 Å². The third-order valence-electron chi connectivity index (χ3n) is 3.61. The summed E-state index contributed by atoms with van der Waals surface area (Å²) in [5.41, 5.74) is 0.874. The number of ether oxygens (including phenoxy) is 2. The van der Waals surface area contributed by atoms with E-state index in [0.29, 0.717) is 18.0 Å². The molecule has 9 heteroatoms. The Bertz CT molecular complexity index is 751. The predicted octanol–water partition coefficient (Wildman–Crippen LogP) is 2.09. The van der Waals surface area contributed by atoms with Crippen molar-refractivity contribution in [2.45, 2.75) is 17.3 Å². The van der Waals surface area contributed by atoms with E-state index in [1.54, 1.807) is 23.1 Å². The first-order valence-electron chi connectivity index (χ1n) is 7.81. The fraction of sp³-hybridized carbons (Fsp3) is 0.438. The molecule has 0 spiro atoms. The van der Waals surface area contributed by atoms with Crippen LogP contribution in [-0.2, 0) is 4.79 Å². The van der Waals surface area contributed by atoms with Crippen molar-refractivity contribution in [3.05, 3.63) is 28.8 Å². The van der Waals surface area contributed by atoms with Gasteiger partial charge in [-0.1, -0.05) is 29.2 Å². The van der Waals surface area contributed by atoms with E-state index in [0.717, 1.165) is 20.7 Å². The second-order valence-corrected chi connectivity index (χ2v) is 8.23. The van der Waals surface area contributed by atoms with Crippen LogP contribution >= 0.6 is 23.1 Å².